The fraction of sp³-hybridized carbons (Fsp3) is 0.200. The Hall–Kier alpha value is -1.31. The van der Waals surface area contributed by atoms with E-state index in [-0.39, 0.29) is 5.69 Å². The molecule has 0 radical (unpaired) electrons. The number of nitrogens with one attached hydrogen (secondary N) is 1. The van der Waals surface area contributed by atoms with Gasteiger partial charge in [0.05, 0.1) is 16.4 Å². The number of nitrogens with two attached hydrogens (primary N) is 1. The maximum atomic E-state index is 13.7. The van der Waals surface area contributed by atoms with E-state index in [0.717, 1.165) is 4.47 Å². The maximum absolute atomic E-state index is 13.7. The number of aromatic nitrogens is 3. The fourth-order valence-electron chi connectivity index (χ4n) is 1.64. The summed E-state index contributed by atoms with van der Waals surface area (Å²) < 4.78 is 16.0. The number of halogens is 2. The number of pyridine rings is 1. The van der Waals surface area contributed by atoms with Crippen molar-refractivity contribution in [3.63, 3.8) is 0 Å². The smallest absolute Gasteiger partial charge is 0.146 e. The lowest BCUT2D eigenvalue weighted by Crippen LogP contribution is -2.32. The molecular formula is C10H11BrFN5. The van der Waals surface area contributed by atoms with E-state index in [4.69, 9.17) is 5.84 Å². The molecule has 5 nitrogen and oxygen atoms in total. The standard InChI is InChI=1S/C10H11BrFN5/c1-17-10(6(11)5-15-17)9(16-13)8-7(12)3-2-4-14-8/h2-5,9,16H,13H2,1H3. The predicted octanol–water partition coefficient (Wildman–Crippen LogP) is 1.27. The lowest BCUT2D eigenvalue weighted by atomic mass is 10.1. The Labute approximate surface area is 106 Å². The molecule has 0 aliphatic heterocycles. The van der Waals surface area contributed by atoms with Crippen LogP contribution in [0.25, 0.3) is 0 Å². The summed E-state index contributed by atoms with van der Waals surface area (Å²) in [5, 5.41) is 4.06. The summed E-state index contributed by atoms with van der Waals surface area (Å²) in [7, 11) is 1.76. The monoisotopic (exact) mass is 299 g/mol. The highest BCUT2D eigenvalue weighted by Gasteiger charge is 2.23. The van der Waals surface area contributed by atoms with Crippen molar-refractivity contribution in [2.75, 3.05) is 0 Å². The van der Waals surface area contributed by atoms with Gasteiger partial charge in [-0.25, -0.2) is 9.82 Å². The Balaban J connectivity index is 2.52. The summed E-state index contributed by atoms with van der Waals surface area (Å²) in [5.74, 6) is 5.07. The van der Waals surface area contributed by atoms with Crippen LogP contribution in [0.1, 0.15) is 17.4 Å². The van der Waals surface area contributed by atoms with Gasteiger partial charge in [0.15, 0.2) is 0 Å². The first-order valence-corrected chi connectivity index (χ1v) is 5.68. The molecule has 2 aromatic rings. The van der Waals surface area contributed by atoms with Crippen molar-refractivity contribution in [3.8, 4) is 0 Å². The molecule has 7 heteroatoms. The van der Waals surface area contributed by atoms with Crippen LogP contribution in [0.2, 0.25) is 0 Å². The quantitative estimate of drug-likeness (QED) is 0.661. The molecule has 0 aliphatic carbocycles. The molecule has 2 rings (SSSR count). The zero-order valence-corrected chi connectivity index (χ0v) is 10.6. The molecule has 3 N–H and O–H groups in total. The lowest BCUT2D eigenvalue weighted by molar-refractivity contribution is 0.517. The third-order valence-corrected chi connectivity index (χ3v) is 3.05. The highest BCUT2D eigenvalue weighted by Crippen LogP contribution is 2.27. The highest BCUT2D eigenvalue weighted by atomic mass is 79.9. The summed E-state index contributed by atoms with van der Waals surface area (Å²) in [6.45, 7) is 0. The van der Waals surface area contributed by atoms with E-state index in [1.165, 1.54) is 18.3 Å². The Kier molecular flexibility index (Phi) is 3.51. The molecule has 0 saturated carbocycles. The van der Waals surface area contributed by atoms with E-state index in [1.807, 2.05) is 0 Å². The van der Waals surface area contributed by atoms with E-state index < -0.39 is 11.9 Å². The molecule has 0 bridgehead atoms. The maximum Gasteiger partial charge on any atom is 0.146 e. The number of nitrogens with zero attached hydrogens (tertiary/aromatic N) is 3. The summed E-state index contributed by atoms with van der Waals surface area (Å²) in [6, 6.07) is 2.32. The zero-order chi connectivity index (χ0) is 12.4. The Morgan fingerprint density at radius 3 is 2.88 bits per heavy atom. The molecule has 90 valence electrons. The molecule has 2 aromatic heterocycles. The van der Waals surface area contributed by atoms with Crippen molar-refractivity contribution in [1.29, 1.82) is 0 Å². The Bertz CT molecular complexity index is 508. The lowest BCUT2D eigenvalue weighted by Gasteiger charge is -2.16. The molecule has 17 heavy (non-hydrogen) atoms. The molecule has 0 spiro atoms. The van der Waals surface area contributed by atoms with Crippen LogP contribution in [-0.4, -0.2) is 14.8 Å². The Morgan fingerprint density at radius 1 is 1.59 bits per heavy atom. The molecule has 1 atom stereocenters. The molecule has 0 aliphatic rings. The second-order valence-corrected chi connectivity index (χ2v) is 4.33. The van der Waals surface area contributed by atoms with Crippen LogP contribution < -0.4 is 11.3 Å². The van der Waals surface area contributed by atoms with Gasteiger partial charge in [-0.15, -0.1) is 0 Å². The first-order chi connectivity index (χ1) is 8.15. The van der Waals surface area contributed by atoms with Gasteiger partial charge in [-0.2, -0.15) is 5.10 Å². The summed E-state index contributed by atoms with van der Waals surface area (Å²) in [5.41, 5.74) is 3.50. The van der Waals surface area contributed by atoms with Crippen LogP contribution in [-0.2, 0) is 7.05 Å². The first kappa shape index (κ1) is 12.2. The van der Waals surface area contributed by atoms with Gasteiger partial charge >= 0.3 is 0 Å². The normalized spacial score (nSPS) is 12.7. The number of aryl methyl sites for hydroxylation is 1. The van der Waals surface area contributed by atoms with E-state index in [0.29, 0.717) is 5.69 Å². The van der Waals surface area contributed by atoms with Crippen molar-refractivity contribution in [1.82, 2.24) is 20.2 Å². The molecule has 0 fully saturated rings. The SMILES string of the molecule is Cn1ncc(Br)c1C(NN)c1ncccc1F. The van der Waals surface area contributed by atoms with E-state index in [2.05, 4.69) is 31.4 Å². The zero-order valence-electron chi connectivity index (χ0n) is 9.06. The molecular weight excluding hydrogens is 289 g/mol. The van der Waals surface area contributed by atoms with Crippen LogP contribution >= 0.6 is 15.9 Å². The number of hydrogen-bond donors (Lipinski definition) is 2. The van der Waals surface area contributed by atoms with Crippen LogP contribution in [0.15, 0.2) is 29.0 Å². The third-order valence-electron chi connectivity index (χ3n) is 2.44. The van der Waals surface area contributed by atoms with Gasteiger partial charge in [0.1, 0.15) is 17.6 Å². The largest absolute Gasteiger partial charge is 0.270 e. The van der Waals surface area contributed by atoms with E-state index >= 15 is 0 Å². The van der Waals surface area contributed by atoms with Crippen LogP contribution in [0.4, 0.5) is 4.39 Å². The van der Waals surface area contributed by atoms with E-state index in [9.17, 15) is 4.39 Å². The van der Waals surface area contributed by atoms with Crippen molar-refractivity contribution in [3.05, 3.63) is 46.2 Å². The second-order valence-electron chi connectivity index (χ2n) is 3.47. The van der Waals surface area contributed by atoms with Gasteiger partial charge in [0.25, 0.3) is 0 Å². The van der Waals surface area contributed by atoms with Crippen LogP contribution in [0.5, 0.6) is 0 Å². The second kappa shape index (κ2) is 4.91. The number of rotatable bonds is 3. The minimum atomic E-state index is -0.557. The fourth-order valence-corrected chi connectivity index (χ4v) is 2.22. The predicted molar refractivity (Wildman–Crippen MR) is 64.3 cm³/mol. The highest BCUT2D eigenvalue weighted by molar-refractivity contribution is 9.10. The third kappa shape index (κ3) is 2.21. The molecule has 2 heterocycles. The van der Waals surface area contributed by atoms with Crippen LogP contribution in [0, 0.1) is 5.82 Å². The molecule has 1 unspecified atom stereocenters. The average Bonchev–Trinajstić information content (AvgIpc) is 2.64. The topological polar surface area (TPSA) is 68.8 Å². The minimum Gasteiger partial charge on any atom is -0.270 e. The minimum absolute atomic E-state index is 0.235. The molecule has 0 aromatic carbocycles. The van der Waals surface area contributed by atoms with Gasteiger partial charge in [0.2, 0.25) is 0 Å². The Morgan fingerprint density at radius 2 is 2.35 bits per heavy atom. The van der Waals surface area contributed by atoms with Crippen LogP contribution in [0.3, 0.4) is 0 Å². The summed E-state index contributed by atoms with van der Waals surface area (Å²) >= 11 is 3.35. The molecule has 0 amide bonds. The van der Waals surface area contributed by atoms with Crippen molar-refractivity contribution in [2.45, 2.75) is 6.04 Å². The van der Waals surface area contributed by atoms with E-state index in [1.54, 1.807) is 17.9 Å². The average molecular weight is 300 g/mol. The van der Waals surface area contributed by atoms with Crippen molar-refractivity contribution < 1.29 is 4.39 Å². The first-order valence-electron chi connectivity index (χ1n) is 4.89. The number of hydrazine groups is 1. The van der Waals surface area contributed by atoms with Gasteiger partial charge in [-0.3, -0.25) is 15.5 Å². The van der Waals surface area contributed by atoms with Crippen molar-refractivity contribution in [2.24, 2.45) is 12.9 Å². The summed E-state index contributed by atoms with van der Waals surface area (Å²) in [6.07, 6.45) is 3.15. The molecule has 0 saturated heterocycles. The van der Waals surface area contributed by atoms with Gasteiger partial charge in [-0.05, 0) is 28.1 Å². The van der Waals surface area contributed by atoms with Gasteiger partial charge < -0.3 is 0 Å². The van der Waals surface area contributed by atoms with Crippen molar-refractivity contribution >= 4 is 15.9 Å². The van der Waals surface area contributed by atoms with Gasteiger partial charge in [0, 0.05) is 13.2 Å². The summed E-state index contributed by atoms with van der Waals surface area (Å²) in [4.78, 5) is 4.01. The van der Waals surface area contributed by atoms with Gasteiger partial charge in [-0.1, -0.05) is 0 Å². The number of hydrogen-bond acceptors (Lipinski definition) is 4.